The predicted octanol–water partition coefficient (Wildman–Crippen LogP) is 4.30. The molecule has 0 saturated carbocycles. The third kappa shape index (κ3) is 6.53. The van der Waals surface area contributed by atoms with Crippen LogP contribution in [0, 0.1) is 0 Å². The highest BCUT2D eigenvalue weighted by Gasteiger charge is 2.35. The molecule has 0 aromatic rings. The van der Waals surface area contributed by atoms with Crippen molar-refractivity contribution in [2.75, 3.05) is 19.7 Å². The lowest BCUT2D eigenvalue weighted by Gasteiger charge is -2.36. The number of rotatable bonds is 13. The topological polar surface area (TPSA) is 32.3 Å². The lowest BCUT2D eigenvalue weighted by Crippen LogP contribution is -2.54. The fourth-order valence-corrected chi connectivity index (χ4v) is 3.32. The Morgan fingerprint density at radius 2 is 1.77 bits per heavy atom. The summed E-state index contributed by atoms with van der Waals surface area (Å²) in [5, 5.41) is 12.8. The third-order valence-electron chi connectivity index (χ3n) is 4.88. The quantitative estimate of drug-likeness (QED) is 0.302. The number of aliphatic hydroxyl groups excluding tert-OH is 1. The van der Waals surface area contributed by atoms with E-state index in [2.05, 4.69) is 43.7 Å². The van der Waals surface area contributed by atoms with Gasteiger partial charge in [0.2, 0.25) is 0 Å². The number of hydrogen-bond donors (Lipinski definition) is 2. The second kappa shape index (κ2) is 11.7. The summed E-state index contributed by atoms with van der Waals surface area (Å²) >= 11 is 0. The Labute approximate surface area is 137 Å². The molecule has 1 aliphatic heterocycles. The summed E-state index contributed by atoms with van der Waals surface area (Å²) in [6.07, 6.45) is 21.1. The minimum absolute atomic E-state index is 0.261. The van der Waals surface area contributed by atoms with Crippen molar-refractivity contribution in [1.82, 2.24) is 5.32 Å². The maximum atomic E-state index is 9.30. The molecule has 2 unspecified atom stereocenters. The Kier molecular flexibility index (Phi) is 10.3. The smallest absolute Gasteiger partial charge is 0.166 e. The first-order valence-electron chi connectivity index (χ1n) is 9.35. The zero-order chi connectivity index (χ0) is 16.1. The first-order valence-corrected chi connectivity index (χ1v) is 9.35. The molecule has 1 heterocycles. The van der Waals surface area contributed by atoms with Crippen molar-refractivity contribution < 1.29 is 9.59 Å². The van der Waals surface area contributed by atoms with Crippen molar-refractivity contribution in [3.05, 3.63) is 24.6 Å². The lowest BCUT2D eigenvalue weighted by molar-refractivity contribution is -0.900. The van der Waals surface area contributed by atoms with E-state index >= 15 is 0 Å². The molecule has 0 spiro atoms. The molecule has 3 nitrogen and oxygen atoms in total. The van der Waals surface area contributed by atoms with Crippen LogP contribution in [0.5, 0.6) is 0 Å². The SMILES string of the molecule is CCCCCC/C=C/CCCCC1NC=C[N+]1(CC)CCO. The third-order valence-corrected chi connectivity index (χ3v) is 4.88. The average Bonchev–Trinajstić information content (AvgIpc) is 2.93. The Morgan fingerprint density at radius 3 is 2.41 bits per heavy atom. The van der Waals surface area contributed by atoms with E-state index in [1.807, 2.05) is 0 Å². The van der Waals surface area contributed by atoms with E-state index in [4.69, 9.17) is 0 Å². The molecule has 2 atom stereocenters. The van der Waals surface area contributed by atoms with Gasteiger partial charge in [-0.05, 0) is 39.0 Å². The van der Waals surface area contributed by atoms with Gasteiger partial charge in [-0.1, -0.05) is 38.3 Å². The molecule has 0 saturated heterocycles. The van der Waals surface area contributed by atoms with E-state index < -0.39 is 0 Å². The lowest BCUT2D eigenvalue weighted by atomic mass is 10.1. The first kappa shape index (κ1) is 19.2. The van der Waals surface area contributed by atoms with Gasteiger partial charge in [0.1, 0.15) is 12.7 Å². The van der Waals surface area contributed by atoms with E-state index in [1.165, 1.54) is 57.8 Å². The predicted molar refractivity (Wildman–Crippen MR) is 95.2 cm³/mol. The largest absolute Gasteiger partial charge is 0.390 e. The van der Waals surface area contributed by atoms with Crippen molar-refractivity contribution in [3.8, 4) is 0 Å². The summed E-state index contributed by atoms with van der Waals surface area (Å²) in [5.41, 5.74) is 0. The molecule has 0 aliphatic carbocycles. The number of quaternary nitrogens is 1. The molecule has 0 aromatic heterocycles. The zero-order valence-electron chi connectivity index (χ0n) is 14.8. The van der Waals surface area contributed by atoms with Crippen LogP contribution in [-0.4, -0.2) is 35.5 Å². The Morgan fingerprint density at radius 1 is 1.05 bits per heavy atom. The van der Waals surface area contributed by atoms with Crippen LogP contribution in [-0.2, 0) is 0 Å². The van der Waals surface area contributed by atoms with Crippen molar-refractivity contribution in [2.45, 2.75) is 77.8 Å². The van der Waals surface area contributed by atoms with E-state index in [0.717, 1.165) is 17.6 Å². The maximum Gasteiger partial charge on any atom is 0.166 e. The molecule has 128 valence electrons. The summed E-state index contributed by atoms with van der Waals surface area (Å²) in [6.45, 7) is 6.60. The highest BCUT2D eigenvalue weighted by molar-refractivity contribution is 4.85. The van der Waals surface area contributed by atoms with E-state index in [9.17, 15) is 5.11 Å². The molecule has 0 aromatic carbocycles. The molecule has 1 rings (SSSR count). The van der Waals surface area contributed by atoms with Crippen molar-refractivity contribution >= 4 is 0 Å². The molecular weight excluding hydrogens is 272 g/mol. The second-order valence-electron chi connectivity index (χ2n) is 6.47. The van der Waals surface area contributed by atoms with Crippen LogP contribution in [0.2, 0.25) is 0 Å². The number of aliphatic hydroxyl groups is 1. The minimum Gasteiger partial charge on any atom is -0.390 e. The number of nitrogens with one attached hydrogen (secondary N) is 1. The number of unbranched alkanes of at least 4 members (excludes halogenated alkanes) is 6. The van der Waals surface area contributed by atoms with Crippen LogP contribution in [0.1, 0.15) is 71.6 Å². The minimum atomic E-state index is 0.261. The molecule has 0 amide bonds. The Hall–Kier alpha value is -0.800. The second-order valence-corrected chi connectivity index (χ2v) is 6.47. The normalized spacial score (nSPS) is 24.2. The monoisotopic (exact) mass is 309 g/mol. The molecule has 0 radical (unpaired) electrons. The van der Waals surface area contributed by atoms with Crippen molar-refractivity contribution in [3.63, 3.8) is 0 Å². The van der Waals surface area contributed by atoms with Gasteiger partial charge in [0.15, 0.2) is 6.17 Å². The summed E-state index contributed by atoms with van der Waals surface area (Å²) in [5.74, 6) is 0. The summed E-state index contributed by atoms with van der Waals surface area (Å²) < 4.78 is 0.893. The molecular formula is C19H37N2O+. The summed E-state index contributed by atoms with van der Waals surface area (Å²) in [4.78, 5) is 0. The molecule has 1 aliphatic rings. The van der Waals surface area contributed by atoms with Gasteiger partial charge in [0, 0.05) is 6.42 Å². The highest BCUT2D eigenvalue weighted by atomic mass is 16.3. The molecule has 0 fully saturated rings. The highest BCUT2D eigenvalue weighted by Crippen LogP contribution is 2.22. The number of hydrogen-bond acceptors (Lipinski definition) is 2. The van der Waals surface area contributed by atoms with E-state index in [-0.39, 0.29) is 6.61 Å². The van der Waals surface area contributed by atoms with Gasteiger partial charge in [0.25, 0.3) is 0 Å². The first-order chi connectivity index (χ1) is 10.8. The fraction of sp³-hybridized carbons (Fsp3) is 0.789. The summed E-state index contributed by atoms with van der Waals surface area (Å²) in [7, 11) is 0. The van der Waals surface area contributed by atoms with Gasteiger partial charge in [-0.15, -0.1) is 0 Å². The van der Waals surface area contributed by atoms with Crippen LogP contribution in [0.4, 0.5) is 0 Å². The van der Waals surface area contributed by atoms with Crippen molar-refractivity contribution in [1.29, 1.82) is 0 Å². The van der Waals surface area contributed by atoms with Crippen molar-refractivity contribution in [2.24, 2.45) is 0 Å². The van der Waals surface area contributed by atoms with Crippen LogP contribution in [0.3, 0.4) is 0 Å². The van der Waals surface area contributed by atoms with Crippen LogP contribution in [0.15, 0.2) is 24.6 Å². The molecule has 3 heteroatoms. The maximum absolute atomic E-state index is 9.30. The van der Waals surface area contributed by atoms with E-state index in [0.29, 0.717) is 6.17 Å². The average molecular weight is 310 g/mol. The van der Waals surface area contributed by atoms with Crippen LogP contribution < -0.4 is 5.32 Å². The number of allylic oxidation sites excluding steroid dienone is 2. The van der Waals surface area contributed by atoms with Gasteiger partial charge in [-0.2, -0.15) is 0 Å². The number of nitrogens with zero attached hydrogens (tertiary/aromatic N) is 1. The Bertz CT molecular complexity index is 327. The standard InChI is InChI=1S/C19H37N2O/c1-3-5-6-7-8-9-10-11-12-13-14-19-20-15-16-21(19,4-2)17-18-22/h9-10,15-16,19-20,22H,3-8,11-14,17-18H2,1-2H3/q+1/b10-9+. The Balaban J connectivity index is 2.10. The number of likely N-dealkylation sites (N-methyl/N-ethyl adjacent to an activating group) is 1. The van der Waals surface area contributed by atoms with Gasteiger partial charge in [-0.3, -0.25) is 4.48 Å². The molecule has 0 bridgehead atoms. The summed E-state index contributed by atoms with van der Waals surface area (Å²) in [6, 6.07) is 0. The van der Waals surface area contributed by atoms with Gasteiger partial charge in [0.05, 0.1) is 19.4 Å². The zero-order valence-corrected chi connectivity index (χ0v) is 14.8. The van der Waals surface area contributed by atoms with Crippen LogP contribution in [0.25, 0.3) is 0 Å². The molecule has 22 heavy (non-hydrogen) atoms. The van der Waals surface area contributed by atoms with Gasteiger partial charge >= 0.3 is 0 Å². The van der Waals surface area contributed by atoms with Crippen LogP contribution >= 0.6 is 0 Å². The van der Waals surface area contributed by atoms with Gasteiger partial charge < -0.3 is 10.4 Å². The fourth-order valence-electron chi connectivity index (χ4n) is 3.32. The molecule has 2 N–H and O–H groups in total. The van der Waals surface area contributed by atoms with Gasteiger partial charge in [-0.25, -0.2) is 0 Å². The van der Waals surface area contributed by atoms with E-state index in [1.54, 1.807) is 0 Å².